The van der Waals surface area contributed by atoms with Crippen molar-refractivity contribution >= 4 is 15.9 Å². The normalized spacial score (nSPS) is 14.3. The van der Waals surface area contributed by atoms with Crippen molar-refractivity contribution in [3.05, 3.63) is 48.0 Å². The predicted octanol–water partition coefficient (Wildman–Crippen LogP) is 2.18. The van der Waals surface area contributed by atoms with Gasteiger partial charge in [0.15, 0.2) is 18.1 Å². The van der Waals surface area contributed by atoms with Gasteiger partial charge in [-0.25, -0.2) is 8.42 Å². The van der Waals surface area contributed by atoms with E-state index in [1.807, 2.05) is 6.07 Å². The lowest BCUT2D eigenvalue weighted by Gasteiger charge is -2.15. The quantitative estimate of drug-likeness (QED) is 0.650. The first-order valence-electron chi connectivity index (χ1n) is 9.64. The van der Waals surface area contributed by atoms with Crippen molar-refractivity contribution in [3.8, 4) is 17.2 Å². The van der Waals surface area contributed by atoms with Crippen molar-refractivity contribution < 1.29 is 27.4 Å². The van der Waals surface area contributed by atoms with Crippen LogP contribution in [0.1, 0.15) is 18.4 Å². The molecule has 1 aliphatic heterocycles. The maximum atomic E-state index is 12.5. The number of hydrogen-bond acceptors (Lipinski definition) is 6. The molecule has 2 aromatic rings. The molecule has 1 amide bonds. The minimum absolute atomic E-state index is 0.175. The summed E-state index contributed by atoms with van der Waals surface area (Å²) in [5.41, 5.74) is 0.859. The minimum atomic E-state index is -3.46. The number of sulfonamides is 1. The number of amides is 1. The number of hydrogen-bond donors (Lipinski definition) is 1. The second-order valence-corrected chi connectivity index (χ2v) is 8.78. The molecule has 3 rings (SSSR count). The molecule has 0 saturated carbocycles. The molecule has 1 fully saturated rings. The molecule has 0 spiro atoms. The van der Waals surface area contributed by atoms with Crippen molar-refractivity contribution in [2.75, 3.05) is 33.9 Å². The Balaban J connectivity index is 1.50. The molecule has 8 nitrogen and oxygen atoms in total. The van der Waals surface area contributed by atoms with Crippen molar-refractivity contribution in [2.45, 2.75) is 24.3 Å². The molecule has 0 atom stereocenters. The van der Waals surface area contributed by atoms with Gasteiger partial charge in [-0.05, 0) is 54.8 Å². The van der Waals surface area contributed by atoms with E-state index in [4.69, 9.17) is 14.2 Å². The maximum absolute atomic E-state index is 12.5. The van der Waals surface area contributed by atoms with Gasteiger partial charge in [0.05, 0.1) is 19.1 Å². The Labute approximate surface area is 176 Å². The number of ether oxygens (including phenoxy) is 3. The van der Waals surface area contributed by atoms with E-state index < -0.39 is 10.0 Å². The van der Waals surface area contributed by atoms with Gasteiger partial charge in [0, 0.05) is 19.6 Å². The van der Waals surface area contributed by atoms with Gasteiger partial charge in [-0.2, -0.15) is 4.31 Å². The van der Waals surface area contributed by atoms with Crippen molar-refractivity contribution in [3.63, 3.8) is 0 Å². The van der Waals surface area contributed by atoms with Crippen LogP contribution in [0.5, 0.6) is 17.2 Å². The van der Waals surface area contributed by atoms with Crippen LogP contribution in [0.25, 0.3) is 0 Å². The fourth-order valence-electron chi connectivity index (χ4n) is 3.18. The lowest BCUT2D eigenvalue weighted by atomic mass is 10.2. The number of rotatable bonds is 9. The first-order chi connectivity index (χ1) is 14.4. The number of benzene rings is 2. The topological polar surface area (TPSA) is 94.2 Å². The molecule has 2 aromatic carbocycles. The van der Waals surface area contributed by atoms with Crippen LogP contribution in [0, 0.1) is 0 Å². The zero-order valence-electron chi connectivity index (χ0n) is 17.1. The maximum Gasteiger partial charge on any atom is 0.258 e. The number of nitrogens with one attached hydrogen (secondary N) is 1. The van der Waals surface area contributed by atoms with E-state index in [2.05, 4.69) is 5.32 Å². The van der Waals surface area contributed by atoms with Crippen molar-refractivity contribution in [2.24, 2.45) is 0 Å². The highest BCUT2D eigenvalue weighted by Gasteiger charge is 2.26. The fraction of sp³-hybridized carbons (Fsp3) is 0.381. The van der Waals surface area contributed by atoms with E-state index in [1.54, 1.807) is 38.5 Å². The Kier molecular flexibility index (Phi) is 7.17. The fourth-order valence-corrected chi connectivity index (χ4v) is 4.69. The highest BCUT2D eigenvalue weighted by Crippen LogP contribution is 2.27. The molecule has 0 radical (unpaired) electrons. The van der Waals surface area contributed by atoms with Gasteiger partial charge in [0.2, 0.25) is 10.0 Å². The third kappa shape index (κ3) is 5.22. The molecule has 162 valence electrons. The van der Waals surface area contributed by atoms with Crippen LogP contribution in [-0.4, -0.2) is 52.5 Å². The molecule has 1 heterocycles. The standard InChI is InChI=1S/C21H26N2O6S/c1-27-19-10-5-16(13-20(19)28-2)14-22-21(24)15-29-17-6-8-18(9-7-17)30(25,26)23-11-3-4-12-23/h5-10,13H,3-4,11-12,14-15H2,1-2H3,(H,22,24). The Hall–Kier alpha value is -2.78. The molecule has 9 heteroatoms. The molecular formula is C21H26N2O6S. The summed E-state index contributed by atoms with van der Waals surface area (Å²) in [6.45, 7) is 1.25. The van der Waals surface area contributed by atoms with E-state index in [-0.39, 0.29) is 17.4 Å². The van der Waals surface area contributed by atoms with Crippen molar-refractivity contribution in [1.29, 1.82) is 0 Å². The number of nitrogens with zero attached hydrogens (tertiary/aromatic N) is 1. The molecule has 30 heavy (non-hydrogen) atoms. The third-order valence-electron chi connectivity index (χ3n) is 4.83. The first kappa shape index (κ1) is 21.9. The SMILES string of the molecule is COc1ccc(CNC(=O)COc2ccc(S(=O)(=O)N3CCCC3)cc2)cc1OC. The summed E-state index contributed by atoms with van der Waals surface area (Å²) in [5, 5.41) is 2.77. The molecular weight excluding hydrogens is 408 g/mol. The van der Waals surface area contributed by atoms with Crippen LogP contribution >= 0.6 is 0 Å². The second kappa shape index (κ2) is 9.82. The highest BCUT2D eigenvalue weighted by atomic mass is 32.2. The second-order valence-electron chi connectivity index (χ2n) is 6.84. The summed E-state index contributed by atoms with van der Waals surface area (Å²) in [5.74, 6) is 1.34. The lowest BCUT2D eigenvalue weighted by Crippen LogP contribution is -2.28. The molecule has 1 saturated heterocycles. The summed E-state index contributed by atoms with van der Waals surface area (Å²) < 4.78 is 42.4. The van der Waals surface area contributed by atoms with Gasteiger partial charge >= 0.3 is 0 Å². The lowest BCUT2D eigenvalue weighted by molar-refractivity contribution is -0.123. The van der Waals surface area contributed by atoms with Gasteiger partial charge in [-0.1, -0.05) is 6.07 Å². The molecule has 0 bridgehead atoms. The number of carbonyl (C=O) groups is 1. The average molecular weight is 435 g/mol. The molecule has 1 N–H and O–H groups in total. The molecule has 0 unspecified atom stereocenters. The van der Waals surface area contributed by atoms with Gasteiger partial charge in [0.1, 0.15) is 5.75 Å². The van der Waals surface area contributed by atoms with Gasteiger partial charge in [-0.3, -0.25) is 4.79 Å². The van der Waals surface area contributed by atoms with Crippen LogP contribution in [0.15, 0.2) is 47.4 Å². The van der Waals surface area contributed by atoms with Crippen LogP contribution in [0.3, 0.4) is 0 Å². The molecule has 0 aromatic heterocycles. The smallest absolute Gasteiger partial charge is 0.258 e. The summed E-state index contributed by atoms with van der Waals surface area (Å²) >= 11 is 0. The zero-order chi connectivity index (χ0) is 21.6. The number of carbonyl (C=O) groups excluding carboxylic acids is 1. The summed E-state index contributed by atoms with van der Waals surface area (Å²) in [6, 6.07) is 11.5. The molecule has 0 aliphatic carbocycles. The third-order valence-corrected chi connectivity index (χ3v) is 6.75. The Morgan fingerprint density at radius 3 is 2.30 bits per heavy atom. The van der Waals surface area contributed by atoms with Gasteiger partial charge < -0.3 is 19.5 Å². The zero-order valence-corrected chi connectivity index (χ0v) is 17.9. The average Bonchev–Trinajstić information content (AvgIpc) is 3.32. The number of methoxy groups -OCH3 is 2. The summed E-state index contributed by atoms with van der Waals surface area (Å²) in [7, 11) is -0.346. The Bertz CT molecular complexity index is 969. The Morgan fingerprint density at radius 1 is 1.00 bits per heavy atom. The van der Waals surface area contributed by atoms with E-state index in [9.17, 15) is 13.2 Å². The largest absolute Gasteiger partial charge is 0.493 e. The highest BCUT2D eigenvalue weighted by molar-refractivity contribution is 7.89. The van der Waals surface area contributed by atoms with Crippen molar-refractivity contribution in [1.82, 2.24) is 9.62 Å². The van der Waals surface area contributed by atoms with E-state index in [0.29, 0.717) is 36.9 Å². The summed E-state index contributed by atoms with van der Waals surface area (Å²) in [6.07, 6.45) is 1.78. The van der Waals surface area contributed by atoms with E-state index >= 15 is 0 Å². The molecule has 1 aliphatic rings. The first-order valence-corrected chi connectivity index (χ1v) is 11.1. The van der Waals surface area contributed by atoms with Crippen LogP contribution in [-0.2, 0) is 21.4 Å². The summed E-state index contributed by atoms with van der Waals surface area (Å²) in [4.78, 5) is 12.3. The van der Waals surface area contributed by atoms with E-state index in [0.717, 1.165) is 18.4 Å². The Morgan fingerprint density at radius 2 is 1.67 bits per heavy atom. The van der Waals surface area contributed by atoms with Crippen LogP contribution in [0.4, 0.5) is 0 Å². The van der Waals surface area contributed by atoms with Crippen LogP contribution in [0.2, 0.25) is 0 Å². The van der Waals surface area contributed by atoms with E-state index in [1.165, 1.54) is 16.4 Å². The van der Waals surface area contributed by atoms with Gasteiger partial charge in [0.25, 0.3) is 5.91 Å². The monoisotopic (exact) mass is 434 g/mol. The predicted molar refractivity (Wildman–Crippen MR) is 111 cm³/mol. The van der Waals surface area contributed by atoms with Crippen LogP contribution < -0.4 is 19.5 Å². The van der Waals surface area contributed by atoms with Gasteiger partial charge in [-0.15, -0.1) is 0 Å². The minimum Gasteiger partial charge on any atom is -0.493 e.